The number of rotatable bonds is 6. The molecule has 1 aromatic carbocycles. The average Bonchev–Trinajstić information content (AvgIpc) is 2.36. The van der Waals surface area contributed by atoms with Crippen LogP contribution in [-0.4, -0.2) is 33.4 Å². The maximum absolute atomic E-state index is 5.72. The molecule has 0 bridgehead atoms. The van der Waals surface area contributed by atoms with Crippen LogP contribution in [0, 0.1) is 0 Å². The number of benzene rings is 1. The van der Waals surface area contributed by atoms with Crippen molar-refractivity contribution in [3.63, 3.8) is 0 Å². The van der Waals surface area contributed by atoms with E-state index in [0.29, 0.717) is 6.61 Å². The molecule has 0 aliphatic heterocycles. The Morgan fingerprint density at radius 2 is 1.47 bits per heavy atom. The van der Waals surface area contributed by atoms with E-state index in [4.69, 9.17) is 14.2 Å². The van der Waals surface area contributed by atoms with Gasteiger partial charge >= 0.3 is 0 Å². The van der Waals surface area contributed by atoms with Crippen LogP contribution in [0.25, 0.3) is 0 Å². The molecule has 0 aliphatic carbocycles. The summed E-state index contributed by atoms with van der Waals surface area (Å²) in [5.74, 6) is 2.19. The van der Waals surface area contributed by atoms with Crippen LogP contribution in [0.15, 0.2) is 18.2 Å². The lowest BCUT2D eigenvalue weighted by atomic mass is 10.1. The number of hydrogen-bond donors (Lipinski definition) is 1. The summed E-state index contributed by atoms with van der Waals surface area (Å²) in [5.41, 5.74) is -0.0731. The summed E-state index contributed by atoms with van der Waals surface area (Å²) in [5, 5.41) is 3.18. The molecule has 0 radical (unpaired) electrons. The molecule has 0 saturated carbocycles. The van der Waals surface area contributed by atoms with Crippen LogP contribution in [-0.2, 0) is 0 Å². The van der Waals surface area contributed by atoms with Gasteiger partial charge in [-0.2, -0.15) is 0 Å². The number of hydrogen-bond acceptors (Lipinski definition) is 4. The number of nitrogens with one attached hydrogen (secondary N) is 1. The Kier molecular flexibility index (Phi) is 4.63. The van der Waals surface area contributed by atoms with Crippen LogP contribution in [0.2, 0.25) is 0 Å². The second-order valence-electron chi connectivity index (χ2n) is 4.47. The molecular formula is C13H21NO3. The molecular weight excluding hydrogens is 218 g/mol. The molecule has 4 nitrogen and oxygen atoms in total. The summed E-state index contributed by atoms with van der Waals surface area (Å²) >= 11 is 0. The van der Waals surface area contributed by atoms with Crippen molar-refractivity contribution in [2.45, 2.75) is 19.4 Å². The van der Waals surface area contributed by atoms with Crippen molar-refractivity contribution < 1.29 is 14.2 Å². The number of ether oxygens (including phenoxy) is 3. The van der Waals surface area contributed by atoms with Crippen molar-refractivity contribution in [3.8, 4) is 17.2 Å². The first-order valence-corrected chi connectivity index (χ1v) is 5.55. The number of likely N-dealkylation sites (N-methyl/N-ethyl adjacent to an activating group) is 1. The van der Waals surface area contributed by atoms with Crippen LogP contribution in [0.3, 0.4) is 0 Å². The number of methoxy groups -OCH3 is 2. The van der Waals surface area contributed by atoms with E-state index in [1.807, 2.05) is 25.2 Å². The summed E-state index contributed by atoms with van der Waals surface area (Å²) in [4.78, 5) is 0. The highest BCUT2D eigenvalue weighted by Crippen LogP contribution is 2.27. The predicted molar refractivity (Wildman–Crippen MR) is 68.2 cm³/mol. The second kappa shape index (κ2) is 5.77. The highest BCUT2D eigenvalue weighted by Gasteiger charge is 2.15. The van der Waals surface area contributed by atoms with Crippen LogP contribution < -0.4 is 19.5 Å². The lowest BCUT2D eigenvalue weighted by molar-refractivity contribution is 0.216. The minimum atomic E-state index is -0.0731. The standard InChI is InChI=1S/C13H21NO3/c1-13(2,14-3)9-17-12-7-10(15-4)6-11(8-12)16-5/h6-8,14H,9H2,1-5H3. The fourth-order valence-electron chi connectivity index (χ4n) is 1.20. The molecule has 0 amide bonds. The van der Waals surface area contributed by atoms with Gasteiger partial charge in [-0.05, 0) is 20.9 Å². The molecule has 4 heteroatoms. The van der Waals surface area contributed by atoms with Gasteiger partial charge in [0.25, 0.3) is 0 Å². The molecule has 1 aromatic rings. The summed E-state index contributed by atoms with van der Waals surface area (Å²) in [6.45, 7) is 4.72. The zero-order chi connectivity index (χ0) is 12.9. The molecule has 0 fully saturated rings. The van der Waals surface area contributed by atoms with E-state index >= 15 is 0 Å². The minimum absolute atomic E-state index is 0.0731. The van der Waals surface area contributed by atoms with Gasteiger partial charge in [0.15, 0.2) is 0 Å². The van der Waals surface area contributed by atoms with E-state index in [1.165, 1.54) is 0 Å². The van der Waals surface area contributed by atoms with Gasteiger partial charge in [-0.1, -0.05) is 0 Å². The van der Waals surface area contributed by atoms with Crippen LogP contribution in [0.5, 0.6) is 17.2 Å². The highest BCUT2D eigenvalue weighted by atomic mass is 16.5. The van der Waals surface area contributed by atoms with Crippen molar-refractivity contribution in [1.29, 1.82) is 0 Å². The smallest absolute Gasteiger partial charge is 0.126 e. The van der Waals surface area contributed by atoms with Crippen molar-refractivity contribution in [1.82, 2.24) is 5.32 Å². The molecule has 0 aliphatic rings. The van der Waals surface area contributed by atoms with Crippen LogP contribution >= 0.6 is 0 Å². The van der Waals surface area contributed by atoms with Crippen LogP contribution in [0.1, 0.15) is 13.8 Å². The van der Waals surface area contributed by atoms with Gasteiger partial charge in [-0.15, -0.1) is 0 Å². The Morgan fingerprint density at radius 3 is 1.88 bits per heavy atom. The third kappa shape index (κ3) is 4.15. The lowest BCUT2D eigenvalue weighted by Gasteiger charge is -2.24. The minimum Gasteiger partial charge on any atom is -0.496 e. The molecule has 0 heterocycles. The fraction of sp³-hybridized carbons (Fsp3) is 0.538. The molecule has 0 saturated heterocycles. The summed E-state index contributed by atoms with van der Waals surface area (Å²) < 4.78 is 16.1. The maximum atomic E-state index is 5.72. The Labute approximate surface area is 103 Å². The van der Waals surface area contributed by atoms with Crippen molar-refractivity contribution in [2.24, 2.45) is 0 Å². The van der Waals surface area contributed by atoms with Crippen molar-refractivity contribution >= 4 is 0 Å². The first-order chi connectivity index (χ1) is 8.00. The third-order valence-corrected chi connectivity index (χ3v) is 2.60. The lowest BCUT2D eigenvalue weighted by Crippen LogP contribution is -2.42. The Bertz CT molecular complexity index is 341. The SMILES string of the molecule is CNC(C)(C)COc1cc(OC)cc(OC)c1. The van der Waals surface area contributed by atoms with Gasteiger partial charge in [-0.25, -0.2) is 0 Å². The van der Waals surface area contributed by atoms with Gasteiger partial charge in [0.05, 0.1) is 14.2 Å². The van der Waals surface area contributed by atoms with E-state index in [0.717, 1.165) is 17.2 Å². The molecule has 0 spiro atoms. The summed E-state index contributed by atoms with van der Waals surface area (Å²) in [7, 11) is 5.15. The Hall–Kier alpha value is -1.42. The van der Waals surface area contributed by atoms with E-state index < -0.39 is 0 Å². The van der Waals surface area contributed by atoms with Gasteiger partial charge in [-0.3, -0.25) is 0 Å². The second-order valence-corrected chi connectivity index (χ2v) is 4.47. The molecule has 0 aromatic heterocycles. The third-order valence-electron chi connectivity index (χ3n) is 2.60. The topological polar surface area (TPSA) is 39.7 Å². The van der Waals surface area contributed by atoms with E-state index in [2.05, 4.69) is 19.2 Å². The Morgan fingerprint density at radius 1 is 1.00 bits per heavy atom. The summed E-state index contributed by atoms with van der Waals surface area (Å²) in [6, 6.07) is 5.50. The van der Waals surface area contributed by atoms with E-state index in [1.54, 1.807) is 14.2 Å². The Balaban J connectivity index is 2.76. The van der Waals surface area contributed by atoms with Gasteiger partial charge in [0.1, 0.15) is 23.9 Å². The zero-order valence-electron chi connectivity index (χ0n) is 11.2. The molecule has 0 unspecified atom stereocenters. The van der Waals surface area contributed by atoms with E-state index in [-0.39, 0.29) is 5.54 Å². The van der Waals surface area contributed by atoms with Crippen molar-refractivity contribution in [2.75, 3.05) is 27.9 Å². The fourth-order valence-corrected chi connectivity index (χ4v) is 1.20. The predicted octanol–water partition coefficient (Wildman–Crippen LogP) is 2.08. The highest BCUT2D eigenvalue weighted by molar-refractivity contribution is 5.42. The maximum Gasteiger partial charge on any atom is 0.126 e. The molecule has 1 rings (SSSR count). The summed E-state index contributed by atoms with van der Waals surface area (Å²) in [6.07, 6.45) is 0. The average molecular weight is 239 g/mol. The molecule has 96 valence electrons. The molecule has 1 N–H and O–H groups in total. The zero-order valence-corrected chi connectivity index (χ0v) is 11.2. The van der Waals surface area contributed by atoms with E-state index in [9.17, 15) is 0 Å². The normalized spacial score (nSPS) is 11.1. The van der Waals surface area contributed by atoms with Gasteiger partial charge in [0.2, 0.25) is 0 Å². The first-order valence-electron chi connectivity index (χ1n) is 5.55. The monoisotopic (exact) mass is 239 g/mol. The van der Waals surface area contributed by atoms with Gasteiger partial charge in [0, 0.05) is 23.7 Å². The largest absolute Gasteiger partial charge is 0.496 e. The first kappa shape index (κ1) is 13.6. The van der Waals surface area contributed by atoms with Crippen molar-refractivity contribution in [3.05, 3.63) is 18.2 Å². The quantitative estimate of drug-likeness (QED) is 0.825. The van der Waals surface area contributed by atoms with Gasteiger partial charge < -0.3 is 19.5 Å². The van der Waals surface area contributed by atoms with Crippen LogP contribution in [0.4, 0.5) is 0 Å². The molecule has 17 heavy (non-hydrogen) atoms. The molecule has 0 atom stereocenters.